The van der Waals surface area contributed by atoms with Gasteiger partial charge in [0.25, 0.3) is 0 Å². The van der Waals surface area contributed by atoms with Gasteiger partial charge in [0.05, 0.1) is 7.11 Å². The number of aryl methyl sites for hydroxylation is 1. The number of methoxy groups -OCH3 is 1. The summed E-state index contributed by atoms with van der Waals surface area (Å²) in [6.45, 7) is 1.02. The lowest BCUT2D eigenvalue weighted by Gasteiger charge is -2.19. The van der Waals surface area contributed by atoms with Gasteiger partial charge in [-0.05, 0) is 48.2 Å². The highest BCUT2D eigenvalue weighted by Crippen LogP contribution is 2.31. The van der Waals surface area contributed by atoms with Crippen molar-refractivity contribution in [3.05, 3.63) is 47.8 Å². The Kier molecular flexibility index (Phi) is 3.11. The van der Waals surface area contributed by atoms with Crippen LogP contribution in [0, 0.1) is 5.82 Å². The number of ether oxygens (including phenoxy) is 1. The van der Waals surface area contributed by atoms with E-state index in [0.29, 0.717) is 11.3 Å². The van der Waals surface area contributed by atoms with Gasteiger partial charge in [-0.2, -0.15) is 0 Å². The molecule has 1 aliphatic rings. The summed E-state index contributed by atoms with van der Waals surface area (Å²) in [4.78, 5) is 0. The van der Waals surface area contributed by atoms with E-state index < -0.39 is 0 Å². The monoisotopic (exact) mass is 257 g/mol. The summed E-state index contributed by atoms with van der Waals surface area (Å²) in [5.41, 5.74) is 3.97. The van der Waals surface area contributed by atoms with E-state index in [1.165, 1.54) is 17.3 Å². The normalized spacial score (nSPS) is 13.6. The van der Waals surface area contributed by atoms with E-state index >= 15 is 0 Å². The molecule has 19 heavy (non-hydrogen) atoms. The van der Waals surface area contributed by atoms with Crippen molar-refractivity contribution >= 4 is 5.69 Å². The first-order valence-electron chi connectivity index (χ1n) is 6.48. The van der Waals surface area contributed by atoms with Crippen molar-refractivity contribution in [1.82, 2.24) is 0 Å². The summed E-state index contributed by atoms with van der Waals surface area (Å²) in [6.07, 6.45) is 2.18. The van der Waals surface area contributed by atoms with Crippen molar-refractivity contribution < 1.29 is 9.13 Å². The van der Waals surface area contributed by atoms with E-state index in [0.717, 1.165) is 24.9 Å². The highest BCUT2D eigenvalue weighted by molar-refractivity contribution is 5.70. The molecule has 0 aromatic heterocycles. The summed E-state index contributed by atoms with van der Waals surface area (Å²) in [5.74, 6) is 0.295. The third-order valence-electron chi connectivity index (χ3n) is 3.53. The lowest BCUT2D eigenvalue weighted by atomic mass is 9.97. The van der Waals surface area contributed by atoms with E-state index in [1.807, 2.05) is 12.1 Å². The molecule has 1 aliphatic heterocycles. The molecule has 0 atom stereocenters. The van der Waals surface area contributed by atoms with Crippen LogP contribution in [0.2, 0.25) is 0 Å². The fraction of sp³-hybridized carbons (Fsp3) is 0.250. The Labute approximate surface area is 112 Å². The fourth-order valence-electron chi connectivity index (χ4n) is 2.50. The molecule has 0 radical (unpaired) electrons. The molecule has 0 fully saturated rings. The number of benzene rings is 2. The molecular weight excluding hydrogens is 241 g/mol. The van der Waals surface area contributed by atoms with Crippen LogP contribution in [-0.4, -0.2) is 13.7 Å². The van der Waals surface area contributed by atoms with Crippen LogP contribution in [0.15, 0.2) is 36.4 Å². The molecular formula is C16H16FNO. The smallest absolute Gasteiger partial charge is 0.134 e. The van der Waals surface area contributed by atoms with E-state index in [-0.39, 0.29) is 5.82 Å². The van der Waals surface area contributed by atoms with Crippen LogP contribution in [0.5, 0.6) is 5.75 Å². The minimum absolute atomic E-state index is 0.247. The third kappa shape index (κ3) is 2.28. The second-order valence-electron chi connectivity index (χ2n) is 4.75. The Bertz CT molecular complexity index is 610. The maximum absolute atomic E-state index is 14.1. The molecule has 1 heterocycles. The lowest BCUT2D eigenvalue weighted by molar-refractivity contribution is 0.411. The first-order valence-corrected chi connectivity index (χ1v) is 6.48. The van der Waals surface area contributed by atoms with Crippen LogP contribution in [0.3, 0.4) is 0 Å². The minimum Gasteiger partial charge on any atom is -0.497 e. The molecule has 2 aromatic carbocycles. The van der Waals surface area contributed by atoms with E-state index in [2.05, 4.69) is 11.4 Å². The molecule has 0 spiro atoms. The lowest BCUT2D eigenvalue weighted by Crippen LogP contribution is -2.11. The van der Waals surface area contributed by atoms with Crippen LogP contribution < -0.4 is 10.1 Å². The second-order valence-corrected chi connectivity index (χ2v) is 4.75. The molecule has 3 heteroatoms. The summed E-state index contributed by atoms with van der Waals surface area (Å²) >= 11 is 0. The summed E-state index contributed by atoms with van der Waals surface area (Å²) < 4.78 is 19.1. The van der Waals surface area contributed by atoms with Crippen molar-refractivity contribution in [1.29, 1.82) is 0 Å². The third-order valence-corrected chi connectivity index (χ3v) is 3.53. The number of nitrogens with one attached hydrogen (secondary N) is 1. The van der Waals surface area contributed by atoms with Crippen LogP contribution >= 0.6 is 0 Å². The first kappa shape index (κ1) is 12.0. The number of hydrogen-bond donors (Lipinski definition) is 1. The van der Waals surface area contributed by atoms with Gasteiger partial charge in [-0.15, -0.1) is 0 Å². The zero-order valence-electron chi connectivity index (χ0n) is 10.9. The molecule has 0 saturated heterocycles. The molecule has 3 rings (SSSR count). The summed E-state index contributed by atoms with van der Waals surface area (Å²) in [5, 5.41) is 3.36. The predicted octanol–water partition coefficient (Wildman–Crippen LogP) is 3.86. The Morgan fingerprint density at radius 3 is 2.84 bits per heavy atom. The Morgan fingerprint density at radius 1 is 1.16 bits per heavy atom. The highest BCUT2D eigenvalue weighted by Gasteiger charge is 2.12. The van der Waals surface area contributed by atoms with Crippen molar-refractivity contribution in [3.8, 4) is 16.9 Å². The second kappa shape index (κ2) is 4.92. The molecule has 0 unspecified atom stereocenters. The number of rotatable bonds is 2. The largest absolute Gasteiger partial charge is 0.497 e. The Morgan fingerprint density at radius 2 is 2.05 bits per heavy atom. The van der Waals surface area contributed by atoms with Crippen molar-refractivity contribution in [2.24, 2.45) is 0 Å². The number of halogens is 1. The molecule has 1 N–H and O–H groups in total. The van der Waals surface area contributed by atoms with Gasteiger partial charge in [0.1, 0.15) is 11.6 Å². The predicted molar refractivity (Wildman–Crippen MR) is 75.2 cm³/mol. The van der Waals surface area contributed by atoms with Gasteiger partial charge < -0.3 is 10.1 Å². The van der Waals surface area contributed by atoms with Gasteiger partial charge >= 0.3 is 0 Å². The zero-order valence-corrected chi connectivity index (χ0v) is 10.9. The van der Waals surface area contributed by atoms with Crippen molar-refractivity contribution in [2.45, 2.75) is 12.8 Å². The Balaban J connectivity index is 2.02. The average Bonchev–Trinajstić information content (AvgIpc) is 2.46. The molecule has 0 aliphatic carbocycles. The SMILES string of the molecule is COc1ccc(-c2ccc3c(c2)CCCN3)c(F)c1. The van der Waals surface area contributed by atoms with Crippen LogP contribution in [0.4, 0.5) is 10.1 Å². The highest BCUT2D eigenvalue weighted by atomic mass is 19.1. The zero-order chi connectivity index (χ0) is 13.2. The maximum atomic E-state index is 14.1. The topological polar surface area (TPSA) is 21.3 Å². The van der Waals surface area contributed by atoms with Crippen LogP contribution in [0.1, 0.15) is 12.0 Å². The quantitative estimate of drug-likeness (QED) is 0.882. The number of hydrogen-bond acceptors (Lipinski definition) is 2. The fourth-order valence-corrected chi connectivity index (χ4v) is 2.50. The van der Waals surface area contributed by atoms with Gasteiger partial charge in [0.15, 0.2) is 0 Å². The molecule has 0 saturated carbocycles. The standard InChI is InChI=1S/C16H16FNO/c1-19-13-5-6-14(15(17)10-13)11-4-7-16-12(9-11)3-2-8-18-16/h4-7,9-10,18H,2-3,8H2,1H3. The molecule has 2 nitrogen and oxygen atoms in total. The number of anilines is 1. The van der Waals surface area contributed by atoms with Crippen molar-refractivity contribution in [3.63, 3.8) is 0 Å². The van der Waals surface area contributed by atoms with Gasteiger partial charge in [-0.25, -0.2) is 4.39 Å². The minimum atomic E-state index is -0.247. The van der Waals surface area contributed by atoms with E-state index in [4.69, 9.17) is 4.74 Å². The maximum Gasteiger partial charge on any atom is 0.134 e. The van der Waals surface area contributed by atoms with E-state index in [9.17, 15) is 4.39 Å². The number of fused-ring (bicyclic) bond motifs is 1. The first-order chi connectivity index (χ1) is 9.28. The van der Waals surface area contributed by atoms with Gasteiger partial charge in [-0.3, -0.25) is 0 Å². The van der Waals surface area contributed by atoms with Crippen LogP contribution in [0.25, 0.3) is 11.1 Å². The Hall–Kier alpha value is -2.03. The van der Waals surface area contributed by atoms with Gasteiger partial charge in [0.2, 0.25) is 0 Å². The van der Waals surface area contributed by atoms with Gasteiger partial charge in [0, 0.05) is 23.9 Å². The van der Waals surface area contributed by atoms with Gasteiger partial charge in [-0.1, -0.05) is 6.07 Å². The summed E-state index contributed by atoms with van der Waals surface area (Å²) in [6, 6.07) is 11.1. The molecule has 0 bridgehead atoms. The molecule has 2 aromatic rings. The van der Waals surface area contributed by atoms with Crippen molar-refractivity contribution in [2.75, 3.05) is 19.0 Å². The summed E-state index contributed by atoms with van der Waals surface area (Å²) in [7, 11) is 1.54. The van der Waals surface area contributed by atoms with E-state index in [1.54, 1.807) is 19.2 Å². The molecule has 98 valence electrons. The molecule has 0 amide bonds. The average molecular weight is 257 g/mol. The van der Waals surface area contributed by atoms with Crippen LogP contribution in [-0.2, 0) is 6.42 Å².